The van der Waals surface area contributed by atoms with Crippen molar-refractivity contribution in [3.05, 3.63) is 16.6 Å². The topological polar surface area (TPSA) is 24.9 Å². The van der Waals surface area contributed by atoms with Crippen LogP contribution in [0.4, 0.5) is 0 Å². The SMILES string of the molecule is CCCNC(C)c1cncs1. The molecule has 1 heterocycles. The fourth-order valence-electron chi connectivity index (χ4n) is 0.901. The number of rotatable bonds is 4. The largest absolute Gasteiger partial charge is 0.309 e. The molecule has 0 aromatic carbocycles. The number of aromatic nitrogens is 1. The fraction of sp³-hybridized carbons (Fsp3) is 0.625. The van der Waals surface area contributed by atoms with Crippen LogP contribution in [0.5, 0.6) is 0 Å². The first kappa shape index (κ1) is 8.68. The third kappa shape index (κ3) is 2.60. The van der Waals surface area contributed by atoms with Crippen LogP contribution >= 0.6 is 11.3 Å². The fourth-order valence-corrected chi connectivity index (χ4v) is 1.55. The van der Waals surface area contributed by atoms with Crippen LogP contribution in [0.15, 0.2) is 11.7 Å². The molecule has 2 nitrogen and oxygen atoms in total. The smallest absolute Gasteiger partial charge is 0.0794 e. The maximum absolute atomic E-state index is 4.03. The zero-order valence-electron chi connectivity index (χ0n) is 7.00. The molecule has 1 rings (SSSR count). The van der Waals surface area contributed by atoms with Gasteiger partial charge in [-0.25, -0.2) is 0 Å². The molecule has 0 spiro atoms. The van der Waals surface area contributed by atoms with Crippen LogP contribution in [0.25, 0.3) is 0 Å². The first-order valence-corrected chi connectivity index (χ1v) is 4.84. The van der Waals surface area contributed by atoms with E-state index in [9.17, 15) is 0 Å². The lowest BCUT2D eigenvalue weighted by Gasteiger charge is -2.09. The second kappa shape index (κ2) is 4.46. The Morgan fingerprint density at radius 3 is 3.09 bits per heavy atom. The van der Waals surface area contributed by atoms with Crippen LogP contribution in [0.3, 0.4) is 0 Å². The Morgan fingerprint density at radius 1 is 1.73 bits per heavy atom. The van der Waals surface area contributed by atoms with Gasteiger partial charge in [0, 0.05) is 17.1 Å². The Kier molecular flexibility index (Phi) is 3.52. The second-order valence-electron chi connectivity index (χ2n) is 2.58. The Morgan fingerprint density at radius 2 is 2.55 bits per heavy atom. The summed E-state index contributed by atoms with van der Waals surface area (Å²) in [7, 11) is 0. The minimum absolute atomic E-state index is 0.461. The number of hydrogen-bond donors (Lipinski definition) is 1. The van der Waals surface area contributed by atoms with Crippen LogP contribution in [0.2, 0.25) is 0 Å². The predicted molar refractivity (Wildman–Crippen MR) is 48.8 cm³/mol. The van der Waals surface area contributed by atoms with Gasteiger partial charge in [-0.1, -0.05) is 6.92 Å². The van der Waals surface area contributed by atoms with E-state index in [1.54, 1.807) is 11.3 Å². The van der Waals surface area contributed by atoms with Crippen molar-refractivity contribution in [2.24, 2.45) is 0 Å². The zero-order valence-corrected chi connectivity index (χ0v) is 7.82. The van der Waals surface area contributed by atoms with E-state index in [0.29, 0.717) is 6.04 Å². The summed E-state index contributed by atoms with van der Waals surface area (Å²) < 4.78 is 0. The van der Waals surface area contributed by atoms with E-state index in [1.807, 2.05) is 11.7 Å². The lowest BCUT2D eigenvalue weighted by atomic mass is 10.3. The molecule has 3 heteroatoms. The van der Waals surface area contributed by atoms with Crippen LogP contribution in [0, 0.1) is 0 Å². The van der Waals surface area contributed by atoms with Crippen molar-refractivity contribution in [3.8, 4) is 0 Å². The number of nitrogens with zero attached hydrogens (tertiary/aromatic N) is 1. The molecule has 0 aliphatic heterocycles. The molecule has 0 amide bonds. The van der Waals surface area contributed by atoms with Crippen molar-refractivity contribution in [1.29, 1.82) is 0 Å². The highest BCUT2D eigenvalue weighted by Crippen LogP contribution is 2.15. The van der Waals surface area contributed by atoms with Gasteiger partial charge in [0.1, 0.15) is 0 Å². The number of hydrogen-bond acceptors (Lipinski definition) is 3. The summed E-state index contributed by atoms with van der Waals surface area (Å²) >= 11 is 1.71. The van der Waals surface area contributed by atoms with E-state index < -0.39 is 0 Å². The van der Waals surface area contributed by atoms with Crippen molar-refractivity contribution in [2.75, 3.05) is 6.54 Å². The quantitative estimate of drug-likeness (QED) is 0.749. The molecule has 0 saturated heterocycles. The van der Waals surface area contributed by atoms with Gasteiger partial charge < -0.3 is 5.32 Å². The van der Waals surface area contributed by atoms with Gasteiger partial charge in [-0.15, -0.1) is 11.3 Å². The molecule has 0 radical (unpaired) electrons. The molecule has 0 aliphatic rings. The number of thiazole rings is 1. The zero-order chi connectivity index (χ0) is 8.10. The highest BCUT2D eigenvalue weighted by Gasteiger charge is 2.03. The van der Waals surface area contributed by atoms with E-state index >= 15 is 0 Å². The van der Waals surface area contributed by atoms with Crippen molar-refractivity contribution < 1.29 is 0 Å². The van der Waals surface area contributed by atoms with E-state index in [4.69, 9.17) is 0 Å². The lowest BCUT2D eigenvalue weighted by Crippen LogP contribution is -2.18. The van der Waals surface area contributed by atoms with Gasteiger partial charge in [0.15, 0.2) is 0 Å². The molecule has 0 bridgehead atoms. The second-order valence-corrected chi connectivity index (χ2v) is 3.50. The average molecular weight is 170 g/mol. The molecule has 62 valence electrons. The van der Waals surface area contributed by atoms with Gasteiger partial charge in [0.05, 0.1) is 5.51 Å². The van der Waals surface area contributed by atoms with Crippen molar-refractivity contribution >= 4 is 11.3 Å². The normalized spacial score (nSPS) is 13.3. The summed E-state index contributed by atoms with van der Waals surface area (Å²) in [5.41, 5.74) is 1.87. The Bertz CT molecular complexity index is 184. The molecule has 1 aromatic rings. The third-order valence-corrected chi connectivity index (χ3v) is 2.54. The van der Waals surface area contributed by atoms with Crippen molar-refractivity contribution in [2.45, 2.75) is 26.3 Å². The van der Waals surface area contributed by atoms with E-state index in [1.165, 1.54) is 11.3 Å². The van der Waals surface area contributed by atoms with Crippen LogP contribution < -0.4 is 5.32 Å². The predicted octanol–water partition coefficient (Wildman–Crippen LogP) is 2.20. The van der Waals surface area contributed by atoms with Gasteiger partial charge in [-0.05, 0) is 19.9 Å². The highest BCUT2D eigenvalue weighted by molar-refractivity contribution is 7.09. The minimum Gasteiger partial charge on any atom is -0.309 e. The lowest BCUT2D eigenvalue weighted by molar-refractivity contribution is 0.577. The van der Waals surface area contributed by atoms with Gasteiger partial charge in [0.25, 0.3) is 0 Å². The molecule has 1 N–H and O–H groups in total. The molecular weight excluding hydrogens is 156 g/mol. The Balaban J connectivity index is 2.36. The molecule has 1 aromatic heterocycles. The Hall–Kier alpha value is -0.410. The maximum Gasteiger partial charge on any atom is 0.0794 e. The molecule has 11 heavy (non-hydrogen) atoms. The average Bonchev–Trinajstić information content (AvgIpc) is 2.52. The van der Waals surface area contributed by atoms with Gasteiger partial charge in [0.2, 0.25) is 0 Å². The van der Waals surface area contributed by atoms with Crippen molar-refractivity contribution in [3.63, 3.8) is 0 Å². The van der Waals surface area contributed by atoms with Gasteiger partial charge in [-0.3, -0.25) is 4.98 Å². The monoisotopic (exact) mass is 170 g/mol. The summed E-state index contributed by atoms with van der Waals surface area (Å²) in [4.78, 5) is 5.35. The summed E-state index contributed by atoms with van der Waals surface area (Å²) in [6.07, 6.45) is 3.11. The summed E-state index contributed by atoms with van der Waals surface area (Å²) in [5.74, 6) is 0. The molecule has 0 saturated carbocycles. The number of nitrogens with one attached hydrogen (secondary N) is 1. The van der Waals surface area contributed by atoms with Gasteiger partial charge >= 0.3 is 0 Å². The van der Waals surface area contributed by atoms with Crippen LogP contribution in [-0.2, 0) is 0 Å². The molecular formula is C8H14N2S. The summed E-state index contributed by atoms with van der Waals surface area (Å²) in [5, 5.41) is 3.41. The maximum atomic E-state index is 4.03. The standard InChI is InChI=1S/C8H14N2S/c1-3-4-10-7(2)8-5-9-6-11-8/h5-7,10H,3-4H2,1-2H3. The summed E-state index contributed by atoms with van der Waals surface area (Å²) in [6, 6.07) is 0.461. The third-order valence-electron chi connectivity index (χ3n) is 1.58. The first-order chi connectivity index (χ1) is 5.34. The highest BCUT2D eigenvalue weighted by atomic mass is 32.1. The van der Waals surface area contributed by atoms with Crippen LogP contribution in [0.1, 0.15) is 31.2 Å². The molecule has 1 unspecified atom stereocenters. The molecule has 0 aliphatic carbocycles. The van der Waals surface area contributed by atoms with E-state index in [-0.39, 0.29) is 0 Å². The van der Waals surface area contributed by atoms with E-state index in [2.05, 4.69) is 24.1 Å². The molecule has 0 fully saturated rings. The van der Waals surface area contributed by atoms with E-state index in [0.717, 1.165) is 6.54 Å². The first-order valence-electron chi connectivity index (χ1n) is 3.96. The van der Waals surface area contributed by atoms with Gasteiger partial charge in [-0.2, -0.15) is 0 Å². The Labute approximate surface area is 71.7 Å². The summed E-state index contributed by atoms with van der Waals surface area (Å²) in [6.45, 7) is 5.43. The molecule has 1 atom stereocenters. The van der Waals surface area contributed by atoms with Crippen LogP contribution in [-0.4, -0.2) is 11.5 Å². The van der Waals surface area contributed by atoms with Crippen molar-refractivity contribution in [1.82, 2.24) is 10.3 Å². The minimum atomic E-state index is 0.461.